The first-order valence-corrected chi connectivity index (χ1v) is 15.5. The van der Waals surface area contributed by atoms with E-state index in [-0.39, 0.29) is 0 Å². The molecule has 0 radical (unpaired) electrons. The fourth-order valence-corrected chi connectivity index (χ4v) is 6.44. The molecule has 0 spiro atoms. The van der Waals surface area contributed by atoms with Crippen molar-refractivity contribution in [2.45, 2.75) is 18.3 Å². The molecule has 0 amide bonds. The molecule has 3 nitrogen and oxygen atoms in total. The standard InChI is InChI=1S/C39H33O3P/c1-7-19-31(20-8-1)37(32-21-9-2-10-22-32)40-43(41-38(33-23-11-3-12-24-33)34-25-13-4-14-26-34)42-39(35-27-15-5-16-28-35)36-29-17-6-18-30-36/h1-30,37-39H. The van der Waals surface area contributed by atoms with E-state index in [4.69, 9.17) is 13.6 Å². The van der Waals surface area contributed by atoms with Gasteiger partial charge in [-0.3, -0.25) is 13.6 Å². The molecule has 0 unspecified atom stereocenters. The van der Waals surface area contributed by atoms with Gasteiger partial charge in [0, 0.05) is 0 Å². The fourth-order valence-electron chi connectivity index (χ4n) is 5.04. The second-order valence-electron chi connectivity index (χ2n) is 10.1. The highest BCUT2D eigenvalue weighted by Crippen LogP contribution is 2.55. The van der Waals surface area contributed by atoms with Gasteiger partial charge in [0.25, 0.3) is 0 Å². The second-order valence-corrected chi connectivity index (χ2v) is 11.2. The van der Waals surface area contributed by atoms with E-state index >= 15 is 0 Å². The summed E-state index contributed by atoms with van der Waals surface area (Å²) in [6.45, 7) is 0. The molecule has 6 rings (SSSR count). The molecule has 0 saturated carbocycles. The maximum Gasteiger partial charge on any atom is 0.335 e. The molecule has 0 bridgehead atoms. The van der Waals surface area contributed by atoms with E-state index in [1.807, 2.05) is 109 Å². The molecular formula is C39H33O3P. The molecule has 0 aliphatic rings. The average Bonchev–Trinajstić information content (AvgIpc) is 3.10. The van der Waals surface area contributed by atoms with Crippen molar-refractivity contribution in [3.8, 4) is 0 Å². The maximum atomic E-state index is 6.99. The minimum absolute atomic E-state index is 0.395. The van der Waals surface area contributed by atoms with Crippen LogP contribution in [-0.2, 0) is 13.6 Å². The first-order valence-electron chi connectivity index (χ1n) is 14.5. The third-order valence-electron chi connectivity index (χ3n) is 7.19. The van der Waals surface area contributed by atoms with Crippen LogP contribution in [0, 0.1) is 0 Å². The summed E-state index contributed by atoms with van der Waals surface area (Å²) < 4.78 is 21.0. The molecular weight excluding hydrogens is 547 g/mol. The van der Waals surface area contributed by atoms with Gasteiger partial charge in [-0.2, -0.15) is 0 Å². The third kappa shape index (κ3) is 7.53. The Labute approximate surface area is 255 Å². The van der Waals surface area contributed by atoms with Crippen LogP contribution in [-0.4, -0.2) is 0 Å². The Morgan fingerprint density at radius 2 is 0.419 bits per heavy atom. The number of rotatable bonds is 12. The van der Waals surface area contributed by atoms with E-state index in [0.29, 0.717) is 0 Å². The Morgan fingerprint density at radius 3 is 0.581 bits per heavy atom. The van der Waals surface area contributed by atoms with Crippen molar-refractivity contribution in [3.63, 3.8) is 0 Å². The van der Waals surface area contributed by atoms with Gasteiger partial charge in [0.15, 0.2) is 0 Å². The monoisotopic (exact) mass is 580 g/mol. The van der Waals surface area contributed by atoms with Crippen LogP contribution >= 0.6 is 8.60 Å². The summed E-state index contributed by atoms with van der Waals surface area (Å²) in [5, 5.41) is 0. The molecule has 4 heteroatoms. The van der Waals surface area contributed by atoms with Crippen molar-refractivity contribution in [2.75, 3.05) is 0 Å². The SMILES string of the molecule is c1ccc(C(OP(OC(c2ccccc2)c2ccccc2)OC(c2ccccc2)c2ccccc2)c2ccccc2)cc1. The summed E-state index contributed by atoms with van der Waals surface area (Å²) in [5.41, 5.74) is 6.17. The molecule has 0 atom stereocenters. The van der Waals surface area contributed by atoms with E-state index in [9.17, 15) is 0 Å². The van der Waals surface area contributed by atoms with E-state index < -0.39 is 26.9 Å². The van der Waals surface area contributed by atoms with Crippen molar-refractivity contribution >= 4 is 8.60 Å². The van der Waals surface area contributed by atoms with Gasteiger partial charge in [-0.05, 0) is 33.4 Å². The molecule has 212 valence electrons. The highest BCUT2D eigenvalue weighted by molar-refractivity contribution is 7.41. The van der Waals surface area contributed by atoms with Gasteiger partial charge in [-0.1, -0.05) is 182 Å². The molecule has 6 aromatic rings. The van der Waals surface area contributed by atoms with Gasteiger partial charge < -0.3 is 0 Å². The fraction of sp³-hybridized carbons (Fsp3) is 0.0769. The van der Waals surface area contributed by atoms with Gasteiger partial charge in [0.2, 0.25) is 0 Å². The van der Waals surface area contributed by atoms with Crippen LogP contribution in [0.1, 0.15) is 51.7 Å². The van der Waals surface area contributed by atoms with Crippen molar-refractivity contribution in [1.29, 1.82) is 0 Å². The van der Waals surface area contributed by atoms with Crippen molar-refractivity contribution in [1.82, 2.24) is 0 Å². The van der Waals surface area contributed by atoms with Gasteiger partial charge in [0.1, 0.15) is 18.3 Å². The minimum Gasteiger partial charge on any atom is -0.299 e. The molecule has 0 aromatic heterocycles. The summed E-state index contributed by atoms with van der Waals surface area (Å²) in [5.74, 6) is 0. The third-order valence-corrected chi connectivity index (χ3v) is 8.34. The van der Waals surface area contributed by atoms with E-state index in [1.165, 1.54) is 0 Å². The van der Waals surface area contributed by atoms with Gasteiger partial charge >= 0.3 is 8.60 Å². The molecule has 0 aliphatic carbocycles. The normalized spacial score (nSPS) is 11.4. The zero-order valence-electron chi connectivity index (χ0n) is 23.7. The number of hydrogen-bond acceptors (Lipinski definition) is 3. The first-order chi connectivity index (χ1) is 21.3. The quantitative estimate of drug-likeness (QED) is 0.135. The van der Waals surface area contributed by atoms with Gasteiger partial charge in [0.05, 0.1) is 0 Å². The van der Waals surface area contributed by atoms with Crippen molar-refractivity contribution in [2.24, 2.45) is 0 Å². The Morgan fingerprint density at radius 1 is 0.256 bits per heavy atom. The van der Waals surface area contributed by atoms with Crippen LogP contribution in [0.25, 0.3) is 0 Å². The lowest BCUT2D eigenvalue weighted by molar-refractivity contribution is 0.0957. The highest BCUT2D eigenvalue weighted by Gasteiger charge is 2.31. The Kier molecular flexibility index (Phi) is 9.82. The van der Waals surface area contributed by atoms with Crippen LogP contribution in [0.5, 0.6) is 0 Å². The average molecular weight is 581 g/mol. The van der Waals surface area contributed by atoms with Crippen molar-refractivity contribution < 1.29 is 13.6 Å². The Balaban J connectivity index is 1.43. The summed E-state index contributed by atoms with van der Waals surface area (Å²) in [4.78, 5) is 0. The predicted octanol–water partition coefficient (Wildman–Crippen LogP) is 10.6. The molecule has 6 aromatic carbocycles. The topological polar surface area (TPSA) is 27.7 Å². The molecule has 0 N–H and O–H groups in total. The Bertz CT molecular complexity index is 1310. The summed E-state index contributed by atoms with van der Waals surface area (Å²) in [6, 6.07) is 61.5. The zero-order chi connectivity index (χ0) is 29.1. The molecule has 0 heterocycles. The summed E-state index contributed by atoms with van der Waals surface area (Å²) in [7, 11) is -1.92. The number of benzene rings is 6. The minimum atomic E-state index is -1.92. The predicted molar refractivity (Wildman–Crippen MR) is 174 cm³/mol. The van der Waals surface area contributed by atoms with Crippen LogP contribution in [0.2, 0.25) is 0 Å². The number of hydrogen-bond donors (Lipinski definition) is 0. The van der Waals surface area contributed by atoms with E-state index in [0.717, 1.165) is 33.4 Å². The lowest BCUT2D eigenvalue weighted by Crippen LogP contribution is -2.12. The van der Waals surface area contributed by atoms with E-state index in [1.54, 1.807) is 0 Å². The first kappa shape index (κ1) is 28.7. The highest BCUT2D eigenvalue weighted by atomic mass is 31.2. The summed E-state index contributed by atoms with van der Waals surface area (Å²) in [6.07, 6.45) is -1.19. The lowest BCUT2D eigenvalue weighted by atomic mass is 10.0. The molecule has 0 saturated heterocycles. The van der Waals surface area contributed by atoms with Crippen LogP contribution in [0.4, 0.5) is 0 Å². The summed E-state index contributed by atoms with van der Waals surface area (Å²) >= 11 is 0. The molecule has 43 heavy (non-hydrogen) atoms. The van der Waals surface area contributed by atoms with E-state index in [2.05, 4.69) is 72.8 Å². The van der Waals surface area contributed by atoms with Gasteiger partial charge in [-0.15, -0.1) is 0 Å². The Hall–Kier alpha value is -4.37. The largest absolute Gasteiger partial charge is 0.335 e. The molecule has 0 aliphatic heterocycles. The maximum absolute atomic E-state index is 6.99. The second kappa shape index (κ2) is 14.7. The van der Waals surface area contributed by atoms with Crippen LogP contribution in [0.3, 0.4) is 0 Å². The lowest BCUT2D eigenvalue weighted by Gasteiger charge is -2.30. The van der Waals surface area contributed by atoms with Crippen LogP contribution in [0.15, 0.2) is 182 Å². The molecule has 0 fully saturated rings. The smallest absolute Gasteiger partial charge is 0.299 e. The zero-order valence-corrected chi connectivity index (χ0v) is 24.6. The van der Waals surface area contributed by atoms with Crippen LogP contribution < -0.4 is 0 Å². The van der Waals surface area contributed by atoms with Gasteiger partial charge in [-0.25, -0.2) is 0 Å². The van der Waals surface area contributed by atoms with Crippen molar-refractivity contribution in [3.05, 3.63) is 215 Å².